The highest BCUT2D eigenvalue weighted by atomic mass is 16.2. The number of rotatable bonds is 2. The molecule has 0 aromatic heterocycles. The monoisotopic (exact) mass is 378 g/mol. The highest BCUT2D eigenvalue weighted by molar-refractivity contribution is 6.08. The molecule has 5 amide bonds. The topological polar surface area (TPSA) is 98.8 Å². The van der Waals surface area contributed by atoms with E-state index in [1.165, 1.54) is 0 Å². The molecule has 2 heterocycles. The van der Waals surface area contributed by atoms with Gasteiger partial charge in [0.15, 0.2) is 0 Å². The average Bonchev–Trinajstić information content (AvgIpc) is 2.85. The predicted molar refractivity (Wildman–Crippen MR) is 98.1 cm³/mol. The van der Waals surface area contributed by atoms with Gasteiger partial charge in [0.05, 0.1) is 0 Å². The molecule has 27 heavy (non-hydrogen) atoms. The average molecular weight is 378 g/mol. The SMILES string of the molecule is CC(C)(C)C(=O)N1CCC(C(=O)NN2C(=O)NC3(CCCCC3)C2=O)CC1. The van der Waals surface area contributed by atoms with E-state index in [1.54, 1.807) is 4.90 Å². The van der Waals surface area contributed by atoms with Crippen molar-refractivity contribution in [3.05, 3.63) is 0 Å². The Morgan fingerprint density at radius 3 is 2.22 bits per heavy atom. The van der Waals surface area contributed by atoms with E-state index in [0.717, 1.165) is 24.3 Å². The van der Waals surface area contributed by atoms with Crippen LogP contribution in [0.4, 0.5) is 4.79 Å². The van der Waals surface area contributed by atoms with Crippen molar-refractivity contribution in [2.75, 3.05) is 13.1 Å². The van der Waals surface area contributed by atoms with E-state index < -0.39 is 17.0 Å². The van der Waals surface area contributed by atoms with Crippen LogP contribution in [0.25, 0.3) is 0 Å². The van der Waals surface area contributed by atoms with Gasteiger partial charge in [0.25, 0.3) is 5.91 Å². The minimum atomic E-state index is -0.842. The molecule has 3 rings (SSSR count). The van der Waals surface area contributed by atoms with Crippen LogP contribution in [-0.2, 0) is 14.4 Å². The minimum Gasteiger partial charge on any atom is -0.342 e. The van der Waals surface area contributed by atoms with Crippen molar-refractivity contribution < 1.29 is 19.2 Å². The summed E-state index contributed by atoms with van der Waals surface area (Å²) in [5.41, 5.74) is 1.24. The second-order valence-electron chi connectivity index (χ2n) is 9.01. The first-order valence-electron chi connectivity index (χ1n) is 9.91. The van der Waals surface area contributed by atoms with E-state index >= 15 is 0 Å². The fraction of sp³-hybridized carbons (Fsp3) is 0.789. The summed E-state index contributed by atoms with van der Waals surface area (Å²) < 4.78 is 0. The normalized spacial score (nSPS) is 23.5. The zero-order valence-electron chi connectivity index (χ0n) is 16.5. The lowest BCUT2D eigenvalue weighted by molar-refractivity contribution is -0.144. The molecule has 0 aromatic carbocycles. The molecule has 0 bridgehead atoms. The first-order valence-corrected chi connectivity index (χ1v) is 9.91. The Bertz CT molecular complexity index is 641. The molecule has 8 nitrogen and oxygen atoms in total. The molecule has 0 unspecified atom stereocenters. The molecule has 3 fully saturated rings. The molecular weight excluding hydrogens is 348 g/mol. The van der Waals surface area contributed by atoms with Crippen molar-refractivity contribution in [1.29, 1.82) is 0 Å². The van der Waals surface area contributed by atoms with Crippen LogP contribution < -0.4 is 10.7 Å². The number of amides is 5. The van der Waals surface area contributed by atoms with Gasteiger partial charge in [0.2, 0.25) is 11.8 Å². The van der Waals surface area contributed by atoms with Crippen molar-refractivity contribution >= 4 is 23.8 Å². The lowest BCUT2D eigenvalue weighted by Crippen LogP contribution is -2.53. The Kier molecular flexibility index (Phi) is 5.18. The first-order chi connectivity index (χ1) is 12.6. The van der Waals surface area contributed by atoms with E-state index in [0.29, 0.717) is 38.8 Å². The lowest BCUT2D eigenvalue weighted by atomic mass is 9.82. The second kappa shape index (κ2) is 7.13. The largest absolute Gasteiger partial charge is 0.344 e. The molecule has 0 radical (unpaired) electrons. The third-order valence-electron chi connectivity index (χ3n) is 5.89. The molecule has 0 atom stereocenters. The van der Waals surface area contributed by atoms with Gasteiger partial charge < -0.3 is 10.2 Å². The molecule has 2 aliphatic heterocycles. The van der Waals surface area contributed by atoms with Gasteiger partial charge in [-0.2, -0.15) is 5.01 Å². The van der Waals surface area contributed by atoms with Gasteiger partial charge in [-0.25, -0.2) is 4.79 Å². The molecule has 150 valence electrons. The summed E-state index contributed by atoms with van der Waals surface area (Å²) in [6.45, 7) is 6.67. The van der Waals surface area contributed by atoms with Crippen molar-refractivity contribution in [2.45, 2.75) is 71.3 Å². The number of nitrogens with one attached hydrogen (secondary N) is 2. The van der Waals surface area contributed by atoms with Gasteiger partial charge in [0.1, 0.15) is 5.54 Å². The molecule has 8 heteroatoms. The van der Waals surface area contributed by atoms with E-state index in [1.807, 2.05) is 20.8 Å². The number of nitrogens with zero attached hydrogens (tertiary/aromatic N) is 2. The van der Waals surface area contributed by atoms with Crippen LogP contribution in [0.2, 0.25) is 0 Å². The Balaban J connectivity index is 1.56. The van der Waals surface area contributed by atoms with Crippen molar-refractivity contribution in [2.24, 2.45) is 11.3 Å². The highest BCUT2D eigenvalue weighted by Gasteiger charge is 2.52. The van der Waals surface area contributed by atoms with Crippen LogP contribution in [0.15, 0.2) is 0 Å². The van der Waals surface area contributed by atoms with E-state index in [2.05, 4.69) is 10.7 Å². The summed E-state index contributed by atoms with van der Waals surface area (Å²) >= 11 is 0. The predicted octanol–water partition coefficient (Wildman–Crippen LogP) is 1.56. The highest BCUT2D eigenvalue weighted by Crippen LogP contribution is 2.33. The number of hydrogen-bond acceptors (Lipinski definition) is 4. The summed E-state index contributed by atoms with van der Waals surface area (Å²) in [6.07, 6.45) is 5.16. The quantitative estimate of drug-likeness (QED) is 0.712. The number of carbonyl (C=O) groups excluding carboxylic acids is 4. The maximum absolute atomic E-state index is 12.7. The molecule has 1 spiro atoms. The number of urea groups is 1. The second-order valence-corrected chi connectivity index (χ2v) is 9.01. The lowest BCUT2D eigenvalue weighted by Gasteiger charge is -2.35. The summed E-state index contributed by atoms with van der Waals surface area (Å²) in [4.78, 5) is 51.7. The van der Waals surface area contributed by atoms with E-state index in [4.69, 9.17) is 0 Å². The van der Waals surface area contributed by atoms with Crippen molar-refractivity contribution in [1.82, 2.24) is 20.7 Å². The van der Waals surface area contributed by atoms with Gasteiger partial charge in [-0.15, -0.1) is 0 Å². The van der Waals surface area contributed by atoms with Crippen LogP contribution in [0.5, 0.6) is 0 Å². The third-order valence-corrected chi connectivity index (χ3v) is 5.89. The van der Waals surface area contributed by atoms with E-state index in [9.17, 15) is 19.2 Å². The summed E-state index contributed by atoms with van der Waals surface area (Å²) in [5.74, 6) is -0.901. The standard InChI is InChI=1S/C19H30N4O4/c1-18(2,3)15(25)22-11-7-13(8-12-22)14(24)21-23-16(26)19(20-17(23)27)9-5-4-6-10-19/h13H,4-12H2,1-3H3,(H,20,27)(H,21,24). The number of hydrogen-bond donors (Lipinski definition) is 2. The zero-order chi connectivity index (χ0) is 19.8. The number of likely N-dealkylation sites (tertiary alicyclic amines) is 1. The molecule has 1 saturated carbocycles. The van der Waals surface area contributed by atoms with Crippen molar-refractivity contribution in [3.63, 3.8) is 0 Å². The summed E-state index contributed by atoms with van der Waals surface area (Å²) in [7, 11) is 0. The molecule has 1 aliphatic carbocycles. The molecular formula is C19H30N4O4. The number of hydrazine groups is 1. The first kappa shape index (κ1) is 19.6. The molecule has 2 saturated heterocycles. The third kappa shape index (κ3) is 3.80. The van der Waals surface area contributed by atoms with E-state index in [-0.39, 0.29) is 23.6 Å². The summed E-state index contributed by atoms with van der Waals surface area (Å²) in [5, 5.41) is 3.65. The number of piperidine rings is 1. The smallest absolute Gasteiger partial charge is 0.342 e. The minimum absolute atomic E-state index is 0.0784. The van der Waals surface area contributed by atoms with Gasteiger partial charge >= 0.3 is 6.03 Å². The van der Waals surface area contributed by atoms with Crippen LogP contribution >= 0.6 is 0 Å². The molecule has 0 aromatic rings. The van der Waals surface area contributed by atoms with Gasteiger partial charge in [-0.1, -0.05) is 40.0 Å². The summed E-state index contributed by atoms with van der Waals surface area (Å²) in [6, 6.07) is -0.546. The zero-order valence-corrected chi connectivity index (χ0v) is 16.5. The fourth-order valence-corrected chi connectivity index (χ4v) is 4.24. The molecule has 3 aliphatic rings. The van der Waals surface area contributed by atoms with Crippen LogP contribution in [0.3, 0.4) is 0 Å². The van der Waals surface area contributed by atoms with Gasteiger partial charge in [-0.05, 0) is 25.7 Å². The Morgan fingerprint density at radius 2 is 1.67 bits per heavy atom. The Hall–Kier alpha value is -2.12. The van der Waals surface area contributed by atoms with Gasteiger partial charge in [0, 0.05) is 24.4 Å². The maximum Gasteiger partial charge on any atom is 0.344 e. The molecule has 2 N–H and O–H groups in total. The van der Waals surface area contributed by atoms with Gasteiger partial charge in [-0.3, -0.25) is 19.8 Å². The van der Waals surface area contributed by atoms with Crippen molar-refractivity contribution in [3.8, 4) is 0 Å². The van der Waals surface area contributed by atoms with Crippen LogP contribution in [-0.4, -0.2) is 52.3 Å². The maximum atomic E-state index is 12.7. The number of imide groups is 1. The Morgan fingerprint density at radius 1 is 1.07 bits per heavy atom. The number of carbonyl (C=O) groups is 4. The van der Waals surface area contributed by atoms with Crippen LogP contribution in [0.1, 0.15) is 65.7 Å². The fourth-order valence-electron chi connectivity index (χ4n) is 4.24. The van der Waals surface area contributed by atoms with Crippen LogP contribution in [0, 0.1) is 11.3 Å². The Labute approximate surface area is 160 Å².